The molecule has 12 heteroatoms. The van der Waals surface area contributed by atoms with Gasteiger partial charge in [0.25, 0.3) is 5.91 Å². The SMILES string of the molecule is COc1ccc(CN(C)C[C@H]2OCCCC[C@H](C)Oc3ccc(NC(=O)CCC(F)(F)F)cc3C(=O)N([C@H](C)CO)C[C@@H]2C)cc1. The van der Waals surface area contributed by atoms with E-state index in [1.807, 2.05) is 45.2 Å². The Morgan fingerprint density at radius 2 is 1.89 bits per heavy atom. The number of carbonyl (C=O) groups excluding carboxylic acids is 2. The lowest BCUT2D eigenvalue weighted by Gasteiger charge is -2.36. The van der Waals surface area contributed by atoms with Gasteiger partial charge in [-0.3, -0.25) is 14.5 Å². The van der Waals surface area contributed by atoms with E-state index in [1.165, 1.54) is 12.1 Å². The Labute approximate surface area is 270 Å². The van der Waals surface area contributed by atoms with Gasteiger partial charge in [0.2, 0.25) is 5.91 Å². The third-order valence-corrected chi connectivity index (χ3v) is 8.07. The van der Waals surface area contributed by atoms with Gasteiger partial charge in [-0.25, -0.2) is 0 Å². The Hall–Kier alpha value is -3.35. The van der Waals surface area contributed by atoms with E-state index in [2.05, 4.69) is 10.2 Å². The molecule has 0 aliphatic carbocycles. The van der Waals surface area contributed by atoms with Crippen LogP contribution in [-0.4, -0.2) is 91.6 Å². The smallest absolute Gasteiger partial charge is 0.389 e. The molecule has 0 bridgehead atoms. The summed E-state index contributed by atoms with van der Waals surface area (Å²) >= 11 is 0. The first kappa shape index (κ1) is 37.1. The maximum absolute atomic E-state index is 14.2. The van der Waals surface area contributed by atoms with Crippen molar-refractivity contribution in [1.82, 2.24) is 9.80 Å². The summed E-state index contributed by atoms with van der Waals surface area (Å²) in [7, 11) is 3.65. The molecule has 9 nitrogen and oxygen atoms in total. The first-order valence-corrected chi connectivity index (χ1v) is 15.8. The Kier molecular flexibility index (Phi) is 14.1. The number of alkyl halides is 3. The molecule has 2 amide bonds. The zero-order valence-electron chi connectivity index (χ0n) is 27.4. The summed E-state index contributed by atoms with van der Waals surface area (Å²) in [6.07, 6.45) is -4.53. The van der Waals surface area contributed by atoms with Crippen LogP contribution in [0, 0.1) is 5.92 Å². The molecule has 1 aliphatic rings. The monoisotopic (exact) mass is 651 g/mol. The highest BCUT2D eigenvalue weighted by Gasteiger charge is 2.31. The van der Waals surface area contributed by atoms with Gasteiger partial charge in [0.15, 0.2) is 0 Å². The highest BCUT2D eigenvalue weighted by atomic mass is 19.4. The molecular formula is C34H48F3N3O6. The minimum Gasteiger partial charge on any atom is -0.497 e. The van der Waals surface area contributed by atoms with Crippen LogP contribution in [0.1, 0.15) is 68.8 Å². The van der Waals surface area contributed by atoms with Gasteiger partial charge in [-0.2, -0.15) is 13.2 Å². The first-order valence-electron chi connectivity index (χ1n) is 15.8. The predicted octanol–water partition coefficient (Wildman–Crippen LogP) is 5.90. The molecule has 0 saturated carbocycles. The molecule has 0 radical (unpaired) electrons. The number of nitrogens with zero attached hydrogens (tertiary/aromatic N) is 2. The van der Waals surface area contributed by atoms with Crippen LogP contribution in [0.25, 0.3) is 0 Å². The van der Waals surface area contributed by atoms with Gasteiger partial charge in [0.05, 0.1) is 44.0 Å². The van der Waals surface area contributed by atoms with Crippen LogP contribution in [0.3, 0.4) is 0 Å². The molecule has 256 valence electrons. The molecule has 0 fully saturated rings. The van der Waals surface area contributed by atoms with Crippen molar-refractivity contribution in [2.24, 2.45) is 5.92 Å². The topological polar surface area (TPSA) is 101 Å². The van der Waals surface area contributed by atoms with Gasteiger partial charge in [0.1, 0.15) is 11.5 Å². The van der Waals surface area contributed by atoms with Crippen LogP contribution < -0.4 is 14.8 Å². The molecule has 1 aliphatic heterocycles. The molecular weight excluding hydrogens is 603 g/mol. The van der Waals surface area contributed by atoms with Crippen LogP contribution in [0.15, 0.2) is 42.5 Å². The van der Waals surface area contributed by atoms with Gasteiger partial charge in [-0.1, -0.05) is 19.1 Å². The lowest BCUT2D eigenvalue weighted by Crippen LogP contribution is -2.47. The molecule has 3 rings (SSSR count). The Morgan fingerprint density at radius 3 is 2.54 bits per heavy atom. The number of fused-ring (bicyclic) bond motifs is 1. The number of benzene rings is 2. The quantitative estimate of drug-likeness (QED) is 0.330. The first-order chi connectivity index (χ1) is 21.8. The predicted molar refractivity (Wildman–Crippen MR) is 170 cm³/mol. The zero-order chi connectivity index (χ0) is 33.9. The molecule has 4 atom stereocenters. The summed E-state index contributed by atoms with van der Waals surface area (Å²) in [5.41, 5.74) is 1.45. The van der Waals surface area contributed by atoms with Crippen molar-refractivity contribution < 1.29 is 42.1 Å². The molecule has 0 unspecified atom stereocenters. The van der Waals surface area contributed by atoms with Crippen LogP contribution in [-0.2, 0) is 16.1 Å². The van der Waals surface area contributed by atoms with Crippen molar-refractivity contribution in [2.75, 3.05) is 45.8 Å². The number of hydrogen-bond acceptors (Lipinski definition) is 7. The fourth-order valence-electron chi connectivity index (χ4n) is 5.36. The second kappa shape index (κ2) is 17.5. The normalized spacial score (nSPS) is 20.8. The van der Waals surface area contributed by atoms with Gasteiger partial charge >= 0.3 is 6.18 Å². The average molecular weight is 652 g/mol. The van der Waals surface area contributed by atoms with Crippen LogP contribution >= 0.6 is 0 Å². The van der Waals surface area contributed by atoms with Crippen LogP contribution in [0.4, 0.5) is 18.9 Å². The van der Waals surface area contributed by atoms with E-state index in [-0.39, 0.29) is 42.5 Å². The lowest BCUT2D eigenvalue weighted by atomic mass is 10.0. The van der Waals surface area contributed by atoms with Crippen LogP contribution in [0.5, 0.6) is 11.5 Å². The number of hydrogen-bond donors (Lipinski definition) is 2. The van der Waals surface area contributed by atoms with Gasteiger partial charge in [-0.05, 0) is 76.1 Å². The average Bonchev–Trinajstić information content (AvgIpc) is 3.01. The third kappa shape index (κ3) is 11.8. The summed E-state index contributed by atoms with van der Waals surface area (Å²) in [6, 6.07) is 11.8. The minimum absolute atomic E-state index is 0.132. The van der Waals surface area contributed by atoms with E-state index in [0.717, 1.165) is 24.2 Å². The number of aliphatic hydroxyl groups excluding tert-OH is 1. The largest absolute Gasteiger partial charge is 0.497 e. The fourth-order valence-corrected chi connectivity index (χ4v) is 5.36. The molecule has 2 N–H and O–H groups in total. The molecule has 1 heterocycles. The number of aliphatic hydroxyl groups is 1. The third-order valence-electron chi connectivity index (χ3n) is 8.07. The van der Waals surface area contributed by atoms with E-state index in [0.29, 0.717) is 31.9 Å². The van der Waals surface area contributed by atoms with Crippen molar-refractivity contribution in [3.05, 3.63) is 53.6 Å². The number of ether oxygens (including phenoxy) is 3. The maximum atomic E-state index is 14.2. The van der Waals surface area contributed by atoms with Crippen molar-refractivity contribution in [2.45, 2.75) is 83.8 Å². The number of nitrogens with one attached hydrogen (secondary N) is 1. The standard InChI is InChI=1S/C34H48F3N3O6/c1-23-19-40(24(2)22-41)33(43)29-18-27(38-32(42)15-16-34(35,36)37)11-14-30(29)46-25(3)8-6-7-17-45-31(23)21-39(4)20-26-9-12-28(44-5)13-10-26/h9-14,18,23-25,31,41H,6-8,15-17,19-22H2,1-5H3,(H,38,42)/t23-,24+,25-,31+/m0/s1. The molecule has 0 aromatic heterocycles. The van der Waals surface area contributed by atoms with Gasteiger partial charge < -0.3 is 29.5 Å². The summed E-state index contributed by atoms with van der Waals surface area (Å²) in [6.45, 7) is 7.47. The molecule has 2 aromatic rings. The van der Waals surface area contributed by atoms with Gasteiger partial charge in [-0.15, -0.1) is 0 Å². The number of rotatable bonds is 10. The summed E-state index contributed by atoms with van der Waals surface area (Å²) in [5, 5.41) is 12.6. The number of likely N-dealkylation sites (N-methyl/N-ethyl adjacent to an activating group) is 1. The molecule has 0 spiro atoms. The minimum atomic E-state index is -4.46. The Bertz CT molecular complexity index is 1260. The summed E-state index contributed by atoms with van der Waals surface area (Å²) in [4.78, 5) is 30.2. The van der Waals surface area contributed by atoms with E-state index < -0.39 is 36.9 Å². The summed E-state index contributed by atoms with van der Waals surface area (Å²) < 4.78 is 55.8. The number of carbonyl (C=O) groups is 2. The fraction of sp³-hybridized carbons (Fsp3) is 0.588. The number of anilines is 1. The molecule has 2 aromatic carbocycles. The maximum Gasteiger partial charge on any atom is 0.389 e. The van der Waals surface area contributed by atoms with E-state index in [1.54, 1.807) is 25.0 Å². The van der Waals surface area contributed by atoms with Crippen molar-refractivity contribution in [1.29, 1.82) is 0 Å². The second-order valence-corrected chi connectivity index (χ2v) is 12.2. The number of amides is 2. The van der Waals surface area contributed by atoms with Crippen molar-refractivity contribution in [3.63, 3.8) is 0 Å². The second-order valence-electron chi connectivity index (χ2n) is 12.2. The zero-order valence-corrected chi connectivity index (χ0v) is 27.4. The highest BCUT2D eigenvalue weighted by Crippen LogP contribution is 2.29. The Balaban J connectivity index is 1.87. The van der Waals surface area contributed by atoms with Crippen molar-refractivity contribution >= 4 is 17.5 Å². The number of halogens is 3. The summed E-state index contributed by atoms with van der Waals surface area (Å²) in [5.74, 6) is -0.280. The lowest BCUT2D eigenvalue weighted by molar-refractivity contribution is -0.142. The Morgan fingerprint density at radius 1 is 1.17 bits per heavy atom. The van der Waals surface area contributed by atoms with Crippen molar-refractivity contribution in [3.8, 4) is 11.5 Å². The van der Waals surface area contributed by atoms with Crippen LogP contribution in [0.2, 0.25) is 0 Å². The molecule has 0 saturated heterocycles. The van der Waals surface area contributed by atoms with Gasteiger partial charge in [0, 0.05) is 44.3 Å². The van der Waals surface area contributed by atoms with E-state index >= 15 is 0 Å². The highest BCUT2D eigenvalue weighted by molar-refractivity contribution is 5.99. The van der Waals surface area contributed by atoms with E-state index in [9.17, 15) is 27.9 Å². The van der Waals surface area contributed by atoms with E-state index in [4.69, 9.17) is 14.2 Å². The number of methoxy groups -OCH3 is 1. The molecule has 46 heavy (non-hydrogen) atoms.